The number of carbonyl (C=O) groups is 1. The molecule has 28 heavy (non-hydrogen) atoms. The fourth-order valence-corrected chi connectivity index (χ4v) is 4.33. The van der Waals surface area contributed by atoms with Crippen LogP contribution >= 0.6 is 12.2 Å². The monoisotopic (exact) mass is 393 g/mol. The van der Waals surface area contributed by atoms with E-state index in [0.29, 0.717) is 0 Å². The molecule has 4 rings (SSSR count). The third-order valence-corrected chi connectivity index (χ3v) is 5.85. The fraction of sp³-hybridized carbons (Fsp3) is 0.391. The molecule has 146 valence electrons. The number of hydrogen-bond acceptors (Lipinski definition) is 3. The maximum absolute atomic E-state index is 13.0. The smallest absolute Gasteiger partial charge is 0.254 e. The number of nitrogens with zero attached hydrogens (tertiary/aromatic N) is 2. The minimum atomic E-state index is 0.0988. The quantitative estimate of drug-likeness (QED) is 0.774. The number of fused-ring (bicyclic) bond motifs is 1. The number of amides is 1. The lowest BCUT2D eigenvalue weighted by atomic mass is 9.85. The van der Waals surface area contributed by atoms with E-state index < -0.39 is 0 Å². The summed E-state index contributed by atoms with van der Waals surface area (Å²) in [6.07, 6.45) is 0.769. The standard InChI is InChI=1S/C23H27N3OS/c1-23(2,3)18-6-4-5-7-20(18)25-10-12-26(13-11-25)22(27)17-9-8-16-15-21(28)24-19(16)14-17/h4-9,14H,10-13,15H2,1-3H3,(H,24,28). The van der Waals surface area contributed by atoms with E-state index in [-0.39, 0.29) is 11.3 Å². The summed E-state index contributed by atoms with van der Waals surface area (Å²) < 4.78 is 0. The number of carbonyl (C=O) groups excluding carboxylic acids is 1. The number of para-hydroxylation sites is 1. The Bertz CT molecular complexity index is 924. The van der Waals surface area contributed by atoms with Crippen LogP contribution in [-0.2, 0) is 11.8 Å². The van der Waals surface area contributed by atoms with Crippen LogP contribution in [0.25, 0.3) is 0 Å². The van der Waals surface area contributed by atoms with Crippen molar-refractivity contribution in [2.45, 2.75) is 32.6 Å². The van der Waals surface area contributed by atoms with Gasteiger partial charge in [0.2, 0.25) is 0 Å². The minimum Gasteiger partial charge on any atom is -0.368 e. The van der Waals surface area contributed by atoms with Crippen molar-refractivity contribution in [2.75, 3.05) is 36.4 Å². The third kappa shape index (κ3) is 3.63. The van der Waals surface area contributed by atoms with Crippen LogP contribution in [0.1, 0.15) is 42.3 Å². The third-order valence-electron chi connectivity index (χ3n) is 5.60. The Balaban J connectivity index is 1.46. The zero-order valence-electron chi connectivity index (χ0n) is 16.8. The van der Waals surface area contributed by atoms with Crippen LogP contribution in [-0.4, -0.2) is 42.0 Å². The molecule has 4 nitrogen and oxygen atoms in total. The zero-order chi connectivity index (χ0) is 19.9. The van der Waals surface area contributed by atoms with Gasteiger partial charge in [-0.15, -0.1) is 0 Å². The summed E-state index contributed by atoms with van der Waals surface area (Å²) >= 11 is 5.24. The van der Waals surface area contributed by atoms with Gasteiger partial charge >= 0.3 is 0 Å². The molecule has 2 aromatic carbocycles. The first kappa shape index (κ1) is 18.9. The molecule has 0 bridgehead atoms. The van der Waals surface area contributed by atoms with Crippen molar-refractivity contribution in [1.82, 2.24) is 4.90 Å². The average molecular weight is 394 g/mol. The molecule has 0 aromatic heterocycles. The SMILES string of the molecule is CC(C)(C)c1ccccc1N1CCN(C(=O)c2ccc3c(c2)NC(=S)C3)CC1. The Morgan fingerprint density at radius 2 is 1.75 bits per heavy atom. The summed E-state index contributed by atoms with van der Waals surface area (Å²) in [5.74, 6) is 0.103. The number of piperazine rings is 1. The Hall–Kier alpha value is -2.40. The first-order chi connectivity index (χ1) is 13.3. The molecule has 2 heterocycles. The lowest BCUT2D eigenvalue weighted by Crippen LogP contribution is -2.49. The number of benzene rings is 2. The van der Waals surface area contributed by atoms with Crippen LogP contribution in [0.2, 0.25) is 0 Å². The molecule has 0 radical (unpaired) electrons. The highest BCUT2D eigenvalue weighted by Crippen LogP contribution is 2.32. The van der Waals surface area contributed by atoms with Gasteiger partial charge in [-0.25, -0.2) is 0 Å². The number of thiocarbonyl (C=S) groups is 1. The van der Waals surface area contributed by atoms with Gasteiger partial charge in [0.05, 0.1) is 4.99 Å². The van der Waals surface area contributed by atoms with Crippen LogP contribution in [0, 0.1) is 0 Å². The molecule has 1 amide bonds. The Kier molecular flexibility index (Phi) is 4.88. The number of nitrogens with one attached hydrogen (secondary N) is 1. The number of hydrogen-bond donors (Lipinski definition) is 1. The van der Waals surface area contributed by atoms with Crippen molar-refractivity contribution >= 4 is 34.5 Å². The second-order valence-electron chi connectivity index (χ2n) is 8.64. The van der Waals surface area contributed by atoms with Gasteiger partial charge in [-0.3, -0.25) is 4.79 Å². The highest BCUT2D eigenvalue weighted by molar-refractivity contribution is 7.80. The van der Waals surface area contributed by atoms with Crippen molar-refractivity contribution in [3.63, 3.8) is 0 Å². The van der Waals surface area contributed by atoms with Gasteiger partial charge in [-0.05, 0) is 34.7 Å². The van der Waals surface area contributed by atoms with Crippen LogP contribution in [0.3, 0.4) is 0 Å². The molecule has 5 heteroatoms. The molecule has 0 atom stereocenters. The van der Waals surface area contributed by atoms with E-state index in [4.69, 9.17) is 12.2 Å². The molecule has 1 saturated heterocycles. The van der Waals surface area contributed by atoms with Crippen LogP contribution < -0.4 is 10.2 Å². The Morgan fingerprint density at radius 3 is 2.46 bits per heavy atom. The molecule has 0 spiro atoms. The minimum absolute atomic E-state index is 0.0988. The van der Waals surface area contributed by atoms with Gasteiger partial charge in [0, 0.05) is 49.5 Å². The molecule has 1 fully saturated rings. The Labute approximate surface area is 172 Å². The normalized spacial score (nSPS) is 16.8. The van der Waals surface area contributed by atoms with Gasteiger partial charge in [0.25, 0.3) is 5.91 Å². The summed E-state index contributed by atoms with van der Waals surface area (Å²) in [6, 6.07) is 14.5. The maximum Gasteiger partial charge on any atom is 0.254 e. The van der Waals surface area contributed by atoms with Gasteiger partial charge in [-0.1, -0.05) is 57.3 Å². The van der Waals surface area contributed by atoms with Crippen molar-refractivity contribution in [3.8, 4) is 0 Å². The van der Waals surface area contributed by atoms with Gasteiger partial charge in [-0.2, -0.15) is 0 Å². The number of anilines is 2. The fourth-order valence-electron chi connectivity index (χ4n) is 4.06. The van der Waals surface area contributed by atoms with Crippen LogP contribution in [0.15, 0.2) is 42.5 Å². The molecule has 0 aliphatic carbocycles. The predicted molar refractivity (Wildman–Crippen MR) is 120 cm³/mol. The molecule has 0 saturated carbocycles. The van der Waals surface area contributed by atoms with E-state index in [1.807, 2.05) is 23.1 Å². The average Bonchev–Trinajstić information content (AvgIpc) is 3.06. The molecular weight excluding hydrogens is 366 g/mol. The summed E-state index contributed by atoms with van der Waals surface area (Å²) in [7, 11) is 0. The molecule has 1 N–H and O–H groups in total. The second-order valence-corrected chi connectivity index (χ2v) is 9.14. The van der Waals surface area contributed by atoms with E-state index in [0.717, 1.165) is 48.8 Å². The lowest BCUT2D eigenvalue weighted by molar-refractivity contribution is 0.0746. The molecule has 0 unspecified atom stereocenters. The molecule has 2 aromatic rings. The van der Waals surface area contributed by atoms with Crippen molar-refractivity contribution < 1.29 is 4.79 Å². The second kappa shape index (κ2) is 7.21. The summed E-state index contributed by atoms with van der Waals surface area (Å²) in [5.41, 5.74) is 5.63. The van der Waals surface area contributed by atoms with Crippen LogP contribution in [0.4, 0.5) is 11.4 Å². The van der Waals surface area contributed by atoms with E-state index >= 15 is 0 Å². The highest BCUT2D eigenvalue weighted by atomic mass is 32.1. The zero-order valence-corrected chi connectivity index (χ0v) is 17.6. The summed E-state index contributed by atoms with van der Waals surface area (Å²) in [6.45, 7) is 9.93. The lowest BCUT2D eigenvalue weighted by Gasteiger charge is -2.38. The van der Waals surface area contributed by atoms with E-state index in [2.05, 4.69) is 55.3 Å². The largest absolute Gasteiger partial charge is 0.368 e. The molecule has 2 aliphatic heterocycles. The maximum atomic E-state index is 13.0. The van der Waals surface area contributed by atoms with E-state index in [9.17, 15) is 4.79 Å². The van der Waals surface area contributed by atoms with Gasteiger partial charge in [0.15, 0.2) is 0 Å². The van der Waals surface area contributed by atoms with E-state index in [1.165, 1.54) is 16.8 Å². The van der Waals surface area contributed by atoms with Crippen molar-refractivity contribution in [2.24, 2.45) is 0 Å². The number of rotatable bonds is 2. The Morgan fingerprint density at radius 1 is 1.04 bits per heavy atom. The van der Waals surface area contributed by atoms with Crippen LogP contribution in [0.5, 0.6) is 0 Å². The molecular formula is C23H27N3OS. The highest BCUT2D eigenvalue weighted by Gasteiger charge is 2.27. The predicted octanol–water partition coefficient (Wildman–Crippen LogP) is 4.24. The van der Waals surface area contributed by atoms with E-state index in [1.54, 1.807) is 0 Å². The van der Waals surface area contributed by atoms with Crippen molar-refractivity contribution in [3.05, 3.63) is 59.2 Å². The van der Waals surface area contributed by atoms with Gasteiger partial charge in [0.1, 0.15) is 0 Å². The first-order valence-corrected chi connectivity index (χ1v) is 10.3. The first-order valence-electron chi connectivity index (χ1n) is 9.89. The van der Waals surface area contributed by atoms with Crippen molar-refractivity contribution in [1.29, 1.82) is 0 Å². The topological polar surface area (TPSA) is 35.6 Å². The van der Waals surface area contributed by atoms with Gasteiger partial charge < -0.3 is 15.1 Å². The summed E-state index contributed by atoms with van der Waals surface area (Å²) in [5, 5.41) is 3.20. The summed E-state index contributed by atoms with van der Waals surface area (Å²) in [4.78, 5) is 18.2. The molecule has 2 aliphatic rings.